The molecule has 0 amide bonds. The van der Waals surface area contributed by atoms with Crippen LogP contribution in [0.3, 0.4) is 0 Å². The number of rotatable bonds is 2. The fourth-order valence-electron chi connectivity index (χ4n) is 4.26. The first kappa shape index (κ1) is 18.1. The number of fused-ring (bicyclic) bond motifs is 3. The number of hydrogen-bond donors (Lipinski definition) is 0. The molecule has 0 N–H and O–H groups in total. The van der Waals surface area contributed by atoms with E-state index < -0.39 is 0 Å². The molecule has 0 aliphatic heterocycles. The quantitative estimate of drug-likeness (QED) is 0.336. The molecule has 3 heteroatoms. The van der Waals surface area contributed by atoms with Crippen LogP contribution >= 0.6 is 0 Å². The van der Waals surface area contributed by atoms with Gasteiger partial charge in [-0.2, -0.15) is 5.26 Å². The molecule has 3 aromatic carbocycles. The molecule has 0 bridgehead atoms. The van der Waals surface area contributed by atoms with Crippen molar-refractivity contribution in [2.24, 2.45) is 7.05 Å². The molecule has 0 aliphatic rings. The van der Waals surface area contributed by atoms with Crippen molar-refractivity contribution >= 4 is 21.9 Å². The van der Waals surface area contributed by atoms with Gasteiger partial charge in [0.2, 0.25) is 5.69 Å². The summed E-state index contributed by atoms with van der Waals surface area (Å²) in [7, 11) is 2.05. The van der Waals surface area contributed by atoms with Crippen LogP contribution in [0.1, 0.15) is 16.7 Å². The van der Waals surface area contributed by atoms with Crippen molar-refractivity contribution in [1.29, 1.82) is 5.26 Å². The van der Waals surface area contributed by atoms with Gasteiger partial charge in [-0.15, -0.1) is 0 Å². The van der Waals surface area contributed by atoms with Gasteiger partial charge in [0, 0.05) is 34.0 Å². The molecule has 0 saturated carbocycles. The van der Waals surface area contributed by atoms with Crippen LogP contribution in [0.2, 0.25) is 0 Å². The third kappa shape index (κ3) is 2.69. The van der Waals surface area contributed by atoms with E-state index in [1.54, 1.807) is 0 Å². The summed E-state index contributed by atoms with van der Waals surface area (Å²) in [6.07, 6.45) is 2.05. The smallest absolute Gasteiger partial charge is 0.216 e. The van der Waals surface area contributed by atoms with E-state index >= 15 is 0 Å². The Labute approximate surface area is 175 Å². The number of nitrogens with zero attached hydrogens (tertiary/aromatic N) is 2. The molecule has 2 aromatic heterocycles. The van der Waals surface area contributed by atoms with Gasteiger partial charge in [0.25, 0.3) is 0 Å². The van der Waals surface area contributed by atoms with Gasteiger partial charge in [0.05, 0.1) is 17.2 Å². The number of pyridine rings is 1. The standard InChI is InChI=1S/C27H21N2O/c1-17-10-12-20(19(15-17)16-28)21-7-6-8-22-23-13-11-18(2)25(27(23)30-26(21)22)24-9-4-5-14-29(24)3/h4-15H,1-3H3/q+1. The Hall–Kier alpha value is -3.90. The van der Waals surface area contributed by atoms with Crippen LogP contribution in [0, 0.1) is 25.2 Å². The Bertz CT molecular complexity index is 1480. The second-order valence-electron chi connectivity index (χ2n) is 7.78. The summed E-state index contributed by atoms with van der Waals surface area (Å²) in [4.78, 5) is 0. The molecule has 144 valence electrons. The second-order valence-corrected chi connectivity index (χ2v) is 7.78. The Balaban J connectivity index is 1.88. The summed E-state index contributed by atoms with van der Waals surface area (Å²) >= 11 is 0. The van der Waals surface area contributed by atoms with E-state index in [4.69, 9.17) is 4.42 Å². The average molecular weight is 389 g/mol. The normalized spacial score (nSPS) is 11.1. The van der Waals surface area contributed by atoms with Crippen LogP contribution in [-0.2, 0) is 7.05 Å². The summed E-state index contributed by atoms with van der Waals surface area (Å²) in [5.74, 6) is 0. The van der Waals surface area contributed by atoms with Crippen molar-refractivity contribution in [1.82, 2.24) is 0 Å². The third-order valence-electron chi connectivity index (χ3n) is 5.77. The third-order valence-corrected chi connectivity index (χ3v) is 5.77. The van der Waals surface area contributed by atoms with Gasteiger partial charge < -0.3 is 4.42 Å². The molecular weight excluding hydrogens is 368 g/mol. The highest BCUT2D eigenvalue weighted by molar-refractivity contribution is 6.13. The number of para-hydroxylation sites is 1. The Kier molecular flexibility index (Phi) is 4.15. The minimum Gasteiger partial charge on any atom is -0.454 e. The van der Waals surface area contributed by atoms with E-state index in [1.165, 1.54) is 0 Å². The molecule has 0 atom stereocenters. The van der Waals surface area contributed by atoms with Crippen LogP contribution in [0.4, 0.5) is 0 Å². The van der Waals surface area contributed by atoms with Crippen molar-refractivity contribution in [3.63, 3.8) is 0 Å². The largest absolute Gasteiger partial charge is 0.454 e. The minimum atomic E-state index is 0.661. The van der Waals surface area contributed by atoms with Crippen molar-refractivity contribution in [3.05, 3.63) is 89.6 Å². The summed E-state index contributed by atoms with van der Waals surface area (Å²) in [6, 6.07) is 25.0. The summed E-state index contributed by atoms with van der Waals surface area (Å²) in [5.41, 5.74) is 8.64. The molecule has 0 saturated heterocycles. The Morgan fingerprint density at radius 2 is 1.67 bits per heavy atom. The van der Waals surface area contributed by atoms with Gasteiger partial charge in [0.1, 0.15) is 18.2 Å². The predicted octanol–water partition coefficient (Wildman–Crippen LogP) is 6.23. The average Bonchev–Trinajstić information content (AvgIpc) is 3.13. The first-order valence-electron chi connectivity index (χ1n) is 9.99. The zero-order valence-electron chi connectivity index (χ0n) is 17.2. The predicted molar refractivity (Wildman–Crippen MR) is 120 cm³/mol. The second kappa shape index (κ2) is 6.86. The molecule has 2 heterocycles. The van der Waals surface area contributed by atoms with Crippen LogP contribution in [-0.4, -0.2) is 0 Å². The maximum absolute atomic E-state index is 9.69. The number of aromatic nitrogens is 1. The van der Waals surface area contributed by atoms with Gasteiger partial charge in [-0.05, 0) is 37.1 Å². The summed E-state index contributed by atoms with van der Waals surface area (Å²) in [5, 5.41) is 11.8. The maximum atomic E-state index is 9.69. The minimum absolute atomic E-state index is 0.661. The molecule has 5 aromatic rings. The highest BCUT2D eigenvalue weighted by Gasteiger charge is 2.21. The zero-order chi connectivity index (χ0) is 20.8. The lowest BCUT2D eigenvalue weighted by atomic mass is 9.96. The molecule has 0 fully saturated rings. The van der Waals surface area contributed by atoms with Crippen molar-refractivity contribution in [2.75, 3.05) is 0 Å². The maximum Gasteiger partial charge on any atom is 0.216 e. The van der Waals surface area contributed by atoms with Crippen molar-refractivity contribution in [3.8, 4) is 28.5 Å². The molecule has 3 nitrogen and oxygen atoms in total. The fraction of sp³-hybridized carbons (Fsp3) is 0.111. The van der Waals surface area contributed by atoms with Gasteiger partial charge >= 0.3 is 0 Å². The van der Waals surface area contributed by atoms with Crippen LogP contribution in [0.5, 0.6) is 0 Å². The Morgan fingerprint density at radius 3 is 2.47 bits per heavy atom. The van der Waals surface area contributed by atoms with Gasteiger partial charge in [-0.1, -0.05) is 42.5 Å². The van der Waals surface area contributed by atoms with Gasteiger partial charge in [-0.3, -0.25) is 0 Å². The van der Waals surface area contributed by atoms with E-state index in [2.05, 4.69) is 41.8 Å². The van der Waals surface area contributed by atoms with Gasteiger partial charge in [0.15, 0.2) is 6.20 Å². The molecule has 5 rings (SSSR count). The van der Waals surface area contributed by atoms with E-state index in [1.807, 2.05) is 62.6 Å². The first-order valence-corrected chi connectivity index (χ1v) is 9.99. The molecule has 0 unspecified atom stereocenters. The van der Waals surface area contributed by atoms with Crippen LogP contribution in [0.15, 0.2) is 77.3 Å². The monoisotopic (exact) mass is 389 g/mol. The molecule has 0 radical (unpaired) electrons. The lowest BCUT2D eigenvalue weighted by molar-refractivity contribution is -0.660. The lowest BCUT2D eigenvalue weighted by Crippen LogP contribution is -2.30. The van der Waals surface area contributed by atoms with Gasteiger partial charge in [-0.25, -0.2) is 4.57 Å². The van der Waals surface area contributed by atoms with Crippen molar-refractivity contribution < 1.29 is 8.98 Å². The van der Waals surface area contributed by atoms with Crippen molar-refractivity contribution in [2.45, 2.75) is 13.8 Å². The van der Waals surface area contributed by atoms with E-state index in [-0.39, 0.29) is 0 Å². The number of furan rings is 1. The number of benzene rings is 3. The Morgan fingerprint density at radius 1 is 0.833 bits per heavy atom. The highest BCUT2D eigenvalue weighted by Crippen LogP contribution is 2.41. The summed E-state index contributed by atoms with van der Waals surface area (Å²) < 4.78 is 8.68. The highest BCUT2D eigenvalue weighted by atomic mass is 16.3. The molecule has 30 heavy (non-hydrogen) atoms. The first-order chi connectivity index (χ1) is 14.6. The fourth-order valence-corrected chi connectivity index (χ4v) is 4.26. The SMILES string of the molecule is Cc1ccc(-c2cccc3c2oc2c(-c4cccc[n+]4C)c(C)ccc23)c(C#N)c1. The molecule has 0 aliphatic carbocycles. The molecule has 0 spiro atoms. The van der Waals surface area contributed by atoms with E-state index in [0.717, 1.165) is 55.4 Å². The van der Waals surface area contributed by atoms with Crippen LogP contribution in [0.25, 0.3) is 44.3 Å². The number of aryl methyl sites for hydroxylation is 3. The zero-order valence-corrected chi connectivity index (χ0v) is 17.2. The van der Waals surface area contributed by atoms with E-state index in [9.17, 15) is 5.26 Å². The lowest BCUT2D eigenvalue weighted by Gasteiger charge is -2.06. The number of hydrogen-bond acceptors (Lipinski definition) is 2. The molecular formula is C27H21N2O+. The summed E-state index contributed by atoms with van der Waals surface area (Å²) in [6.45, 7) is 4.12. The van der Waals surface area contributed by atoms with E-state index in [0.29, 0.717) is 5.56 Å². The topological polar surface area (TPSA) is 40.8 Å². The number of nitriles is 1. The van der Waals surface area contributed by atoms with Crippen LogP contribution < -0.4 is 4.57 Å².